The third-order valence-corrected chi connectivity index (χ3v) is 4.92. The van der Waals surface area contributed by atoms with Crippen LogP contribution in [0.5, 0.6) is 0 Å². The first-order chi connectivity index (χ1) is 5.79. The number of likely N-dealkylation sites (tertiary alicyclic amines) is 1. The lowest BCUT2D eigenvalue weighted by Gasteiger charge is -2.48. The summed E-state index contributed by atoms with van der Waals surface area (Å²) >= 11 is 2.07. The van der Waals surface area contributed by atoms with Gasteiger partial charge in [0.1, 0.15) is 0 Å². The number of nitrogens with zero attached hydrogens (tertiary/aromatic N) is 1. The van der Waals surface area contributed by atoms with Crippen LogP contribution in [0.4, 0.5) is 0 Å². The Morgan fingerprint density at radius 3 is 2.67 bits per heavy atom. The van der Waals surface area contributed by atoms with Crippen LogP contribution < -0.4 is 5.73 Å². The average Bonchev–Trinajstić information content (AvgIpc) is 2.30. The van der Waals surface area contributed by atoms with Crippen molar-refractivity contribution in [2.45, 2.75) is 18.9 Å². The van der Waals surface area contributed by atoms with Gasteiger partial charge < -0.3 is 5.73 Å². The van der Waals surface area contributed by atoms with Gasteiger partial charge in [-0.3, -0.25) is 4.90 Å². The Morgan fingerprint density at radius 2 is 2.33 bits per heavy atom. The zero-order chi connectivity index (χ0) is 8.60. The molecule has 0 amide bonds. The summed E-state index contributed by atoms with van der Waals surface area (Å²) in [5.74, 6) is 3.34. The summed E-state index contributed by atoms with van der Waals surface area (Å²) < 4.78 is 0. The molecule has 0 aromatic rings. The maximum absolute atomic E-state index is 5.91. The van der Waals surface area contributed by atoms with E-state index in [2.05, 4.69) is 23.6 Å². The zero-order valence-corrected chi connectivity index (χ0v) is 8.57. The van der Waals surface area contributed by atoms with Crippen molar-refractivity contribution in [2.24, 2.45) is 11.7 Å². The third-order valence-electron chi connectivity index (χ3n) is 3.48. The van der Waals surface area contributed by atoms with Gasteiger partial charge in [0.25, 0.3) is 0 Å². The van der Waals surface area contributed by atoms with Gasteiger partial charge in [-0.2, -0.15) is 11.8 Å². The predicted octanol–water partition coefficient (Wildman–Crippen LogP) is 0.773. The first-order valence-corrected chi connectivity index (χ1v) is 5.98. The molecule has 2 aliphatic heterocycles. The largest absolute Gasteiger partial charge is 0.329 e. The lowest BCUT2D eigenvalue weighted by molar-refractivity contribution is 0.0250. The number of hydrogen-bond donors (Lipinski definition) is 1. The fourth-order valence-electron chi connectivity index (χ4n) is 2.26. The van der Waals surface area contributed by atoms with Crippen LogP contribution in [0.3, 0.4) is 0 Å². The molecule has 2 rings (SSSR count). The monoisotopic (exact) mass is 186 g/mol. The van der Waals surface area contributed by atoms with E-state index >= 15 is 0 Å². The predicted molar refractivity (Wildman–Crippen MR) is 54.5 cm³/mol. The SMILES string of the molecule is CC1CSCC1(CN)N1CCC1. The molecule has 0 saturated carbocycles. The van der Waals surface area contributed by atoms with E-state index in [4.69, 9.17) is 5.73 Å². The van der Waals surface area contributed by atoms with E-state index in [0.29, 0.717) is 5.54 Å². The molecule has 2 atom stereocenters. The lowest BCUT2D eigenvalue weighted by Crippen LogP contribution is -2.62. The fraction of sp³-hybridized carbons (Fsp3) is 1.00. The molecule has 12 heavy (non-hydrogen) atoms. The quantitative estimate of drug-likeness (QED) is 0.691. The molecular weight excluding hydrogens is 168 g/mol. The molecule has 0 bridgehead atoms. The van der Waals surface area contributed by atoms with E-state index in [9.17, 15) is 0 Å². The molecular formula is C9H18N2S. The highest BCUT2D eigenvalue weighted by molar-refractivity contribution is 7.99. The highest BCUT2D eigenvalue weighted by atomic mass is 32.2. The lowest BCUT2D eigenvalue weighted by atomic mass is 9.84. The van der Waals surface area contributed by atoms with Gasteiger partial charge >= 0.3 is 0 Å². The number of thioether (sulfide) groups is 1. The van der Waals surface area contributed by atoms with E-state index in [1.165, 1.54) is 31.0 Å². The average molecular weight is 186 g/mol. The standard InChI is InChI=1S/C9H18N2S/c1-8-5-12-7-9(8,6-10)11-3-2-4-11/h8H,2-7,10H2,1H3. The minimum absolute atomic E-state index is 0.364. The van der Waals surface area contributed by atoms with Crippen molar-refractivity contribution in [2.75, 3.05) is 31.1 Å². The molecule has 2 nitrogen and oxygen atoms in total. The van der Waals surface area contributed by atoms with Crippen molar-refractivity contribution >= 4 is 11.8 Å². The van der Waals surface area contributed by atoms with Crippen LogP contribution in [0.15, 0.2) is 0 Å². The number of nitrogens with two attached hydrogens (primary N) is 1. The molecule has 70 valence electrons. The van der Waals surface area contributed by atoms with E-state index in [-0.39, 0.29) is 0 Å². The Kier molecular flexibility index (Phi) is 2.36. The summed E-state index contributed by atoms with van der Waals surface area (Å²) in [4.78, 5) is 2.59. The molecule has 2 unspecified atom stereocenters. The van der Waals surface area contributed by atoms with Crippen molar-refractivity contribution in [3.8, 4) is 0 Å². The van der Waals surface area contributed by atoms with E-state index in [1.807, 2.05) is 0 Å². The minimum Gasteiger partial charge on any atom is -0.329 e. The molecule has 0 aromatic heterocycles. The second-order valence-corrected chi connectivity index (χ2v) is 5.09. The zero-order valence-electron chi connectivity index (χ0n) is 7.75. The maximum atomic E-state index is 5.91. The van der Waals surface area contributed by atoms with Crippen LogP contribution in [0.1, 0.15) is 13.3 Å². The topological polar surface area (TPSA) is 29.3 Å². The van der Waals surface area contributed by atoms with Crippen LogP contribution in [-0.2, 0) is 0 Å². The maximum Gasteiger partial charge on any atom is 0.0455 e. The third kappa shape index (κ3) is 1.10. The summed E-state index contributed by atoms with van der Waals surface area (Å²) in [7, 11) is 0. The van der Waals surface area contributed by atoms with Gasteiger partial charge in [-0.25, -0.2) is 0 Å². The molecule has 2 saturated heterocycles. The second kappa shape index (κ2) is 3.20. The van der Waals surface area contributed by atoms with Gasteiger partial charge in [0.2, 0.25) is 0 Å². The molecule has 0 spiro atoms. The van der Waals surface area contributed by atoms with Crippen LogP contribution in [0.25, 0.3) is 0 Å². The highest BCUT2D eigenvalue weighted by Crippen LogP contribution is 2.39. The molecule has 3 heteroatoms. The summed E-state index contributed by atoms with van der Waals surface area (Å²) in [6.45, 7) is 5.76. The van der Waals surface area contributed by atoms with Gasteiger partial charge in [0.05, 0.1) is 0 Å². The molecule has 2 fully saturated rings. The smallest absolute Gasteiger partial charge is 0.0455 e. The van der Waals surface area contributed by atoms with Gasteiger partial charge in [-0.1, -0.05) is 6.92 Å². The normalized spacial score (nSPS) is 43.0. The van der Waals surface area contributed by atoms with Crippen molar-refractivity contribution in [3.05, 3.63) is 0 Å². The number of hydrogen-bond acceptors (Lipinski definition) is 3. The Labute approximate surface area is 78.9 Å². The van der Waals surface area contributed by atoms with Gasteiger partial charge in [0.15, 0.2) is 0 Å². The van der Waals surface area contributed by atoms with E-state index < -0.39 is 0 Å². The molecule has 2 aliphatic rings. The Morgan fingerprint density at radius 1 is 1.58 bits per heavy atom. The van der Waals surface area contributed by atoms with E-state index in [1.54, 1.807) is 0 Å². The van der Waals surface area contributed by atoms with Crippen molar-refractivity contribution in [3.63, 3.8) is 0 Å². The van der Waals surface area contributed by atoms with Gasteiger partial charge in [-0.05, 0) is 18.1 Å². The van der Waals surface area contributed by atoms with Crippen molar-refractivity contribution in [1.82, 2.24) is 4.90 Å². The molecule has 2 heterocycles. The van der Waals surface area contributed by atoms with E-state index in [0.717, 1.165) is 12.5 Å². The fourth-order valence-corrected chi connectivity index (χ4v) is 3.98. The van der Waals surface area contributed by atoms with Gasteiger partial charge in [-0.15, -0.1) is 0 Å². The first kappa shape index (κ1) is 8.85. The Balaban J connectivity index is 2.11. The number of rotatable bonds is 2. The summed E-state index contributed by atoms with van der Waals surface area (Å²) in [5.41, 5.74) is 6.28. The molecule has 2 N–H and O–H groups in total. The van der Waals surface area contributed by atoms with Crippen molar-refractivity contribution < 1.29 is 0 Å². The summed E-state index contributed by atoms with van der Waals surface area (Å²) in [6, 6.07) is 0. The first-order valence-electron chi connectivity index (χ1n) is 4.82. The minimum atomic E-state index is 0.364. The molecule has 0 aliphatic carbocycles. The Hall–Kier alpha value is 0.270. The second-order valence-electron chi connectivity index (χ2n) is 4.06. The molecule has 0 radical (unpaired) electrons. The van der Waals surface area contributed by atoms with Crippen LogP contribution in [-0.4, -0.2) is 41.6 Å². The van der Waals surface area contributed by atoms with Crippen LogP contribution in [0.2, 0.25) is 0 Å². The van der Waals surface area contributed by atoms with Gasteiger partial charge in [0, 0.05) is 30.9 Å². The highest BCUT2D eigenvalue weighted by Gasteiger charge is 2.46. The summed E-state index contributed by atoms with van der Waals surface area (Å²) in [6.07, 6.45) is 1.37. The Bertz CT molecular complexity index is 170. The van der Waals surface area contributed by atoms with Crippen LogP contribution in [0, 0.1) is 5.92 Å². The van der Waals surface area contributed by atoms with Crippen LogP contribution >= 0.6 is 11.8 Å². The summed E-state index contributed by atoms with van der Waals surface area (Å²) in [5, 5.41) is 0. The molecule has 0 aromatic carbocycles. The van der Waals surface area contributed by atoms with Crippen molar-refractivity contribution in [1.29, 1.82) is 0 Å².